The monoisotopic (exact) mass is 444 g/mol. The van der Waals surface area contributed by atoms with E-state index in [-0.39, 0.29) is 24.0 Å². The zero-order valence-electron chi connectivity index (χ0n) is 15.5. The highest BCUT2D eigenvalue weighted by Gasteiger charge is 2.24. The Morgan fingerprint density at radius 3 is 2.58 bits per heavy atom. The van der Waals surface area contributed by atoms with Crippen LogP contribution in [0.5, 0.6) is 0 Å². The van der Waals surface area contributed by atoms with E-state index in [1.165, 1.54) is 30.4 Å². The molecule has 2 atom stereocenters. The van der Waals surface area contributed by atoms with E-state index in [1.807, 2.05) is 12.4 Å². The summed E-state index contributed by atoms with van der Waals surface area (Å²) in [7, 11) is 0. The Labute approximate surface area is 164 Å². The predicted molar refractivity (Wildman–Crippen MR) is 113 cm³/mol. The van der Waals surface area contributed by atoms with E-state index >= 15 is 0 Å². The minimum Gasteiger partial charge on any atom is -0.357 e. The first-order valence-electron chi connectivity index (χ1n) is 9.02. The summed E-state index contributed by atoms with van der Waals surface area (Å²) in [5.74, 6) is 2.57. The van der Waals surface area contributed by atoms with E-state index in [4.69, 9.17) is 4.99 Å². The number of nitrogens with zero attached hydrogens (tertiary/aromatic N) is 2. The van der Waals surface area contributed by atoms with Crippen LogP contribution >= 0.6 is 24.0 Å². The summed E-state index contributed by atoms with van der Waals surface area (Å²) < 4.78 is 0. The number of aromatic nitrogens is 1. The van der Waals surface area contributed by atoms with Crippen LogP contribution in [0.2, 0.25) is 0 Å². The minimum atomic E-state index is 0. The molecule has 1 heterocycles. The molecule has 5 heteroatoms. The molecule has 1 aliphatic carbocycles. The lowest BCUT2D eigenvalue weighted by molar-refractivity contribution is 0.255. The van der Waals surface area contributed by atoms with Gasteiger partial charge in [0, 0.05) is 31.5 Å². The lowest BCUT2D eigenvalue weighted by Gasteiger charge is -2.32. The van der Waals surface area contributed by atoms with Crippen LogP contribution in [-0.2, 0) is 6.42 Å². The zero-order valence-corrected chi connectivity index (χ0v) is 17.8. The number of hydrogen-bond acceptors (Lipinski definition) is 2. The maximum atomic E-state index is 4.77. The second kappa shape index (κ2) is 10.9. The molecule has 2 unspecified atom stereocenters. The Bertz CT molecular complexity index is 508. The van der Waals surface area contributed by atoms with E-state index in [9.17, 15) is 0 Å². The quantitative estimate of drug-likeness (QED) is 0.411. The van der Waals surface area contributed by atoms with Crippen LogP contribution in [0.4, 0.5) is 0 Å². The summed E-state index contributed by atoms with van der Waals surface area (Å²) in [5, 5.41) is 7.03. The number of aryl methyl sites for hydroxylation is 1. The van der Waals surface area contributed by atoms with Crippen molar-refractivity contribution in [1.29, 1.82) is 0 Å². The fraction of sp³-hybridized carbons (Fsp3) is 0.684. The van der Waals surface area contributed by atoms with Crippen LogP contribution in [-0.4, -0.2) is 30.1 Å². The third-order valence-electron chi connectivity index (χ3n) is 4.65. The lowest BCUT2D eigenvalue weighted by Crippen LogP contribution is -2.46. The molecule has 1 aliphatic rings. The minimum absolute atomic E-state index is 0. The van der Waals surface area contributed by atoms with Crippen molar-refractivity contribution in [1.82, 2.24) is 15.6 Å². The highest BCUT2D eigenvalue weighted by Crippen LogP contribution is 2.28. The first-order chi connectivity index (χ1) is 11.1. The average molecular weight is 444 g/mol. The first-order valence-corrected chi connectivity index (χ1v) is 9.02. The van der Waals surface area contributed by atoms with Crippen LogP contribution in [0.15, 0.2) is 23.5 Å². The smallest absolute Gasteiger partial charge is 0.191 e. The molecule has 0 radical (unpaired) electrons. The first kappa shape index (κ1) is 21.2. The third kappa shape index (κ3) is 6.95. The number of rotatable bonds is 5. The van der Waals surface area contributed by atoms with Gasteiger partial charge in [-0.05, 0) is 68.6 Å². The summed E-state index contributed by atoms with van der Waals surface area (Å²) >= 11 is 0. The molecule has 0 saturated heterocycles. The van der Waals surface area contributed by atoms with Gasteiger partial charge < -0.3 is 10.6 Å². The Morgan fingerprint density at radius 2 is 1.96 bits per heavy atom. The van der Waals surface area contributed by atoms with Gasteiger partial charge >= 0.3 is 0 Å². The molecule has 4 nitrogen and oxygen atoms in total. The maximum Gasteiger partial charge on any atom is 0.191 e. The summed E-state index contributed by atoms with van der Waals surface area (Å²) in [6.07, 6.45) is 8.60. The van der Waals surface area contributed by atoms with E-state index in [0.717, 1.165) is 37.3 Å². The average Bonchev–Trinajstić information content (AvgIpc) is 2.48. The molecular weight excluding hydrogens is 411 g/mol. The number of pyridine rings is 1. The van der Waals surface area contributed by atoms with Crippen molar-refractivity contribution in [2.45, 2.75) is 59.4 Å². The Hall–Kier alpha value is -0.850. The van der Waals surface area contributed by atoms with Crippen LogP contribution in [0.1, 0.15) is 51.2 Å². The number of halogens is 1. The van der Waals surface area contributed by atoms with Crippen molar-refractivity contribution in [2.24, 2.45) is 16.8 Å². The van der Waals surface area contributed by atoms with Crippen molar-refractivity contribution in [2.75, 3.05) is 13.1 Å². The van der Waals surface area contributed by atoms with Crippen molar-refractivity contribution in [3.63, 3.8) is 0 Å². The molecule has 1 saturated carbocycles. The standard InChI is InChI=1S/C19H32N4.HI/c1-5-21-19(23-18-11-14(2)10-15(3)12-18)22-9-7-17-6-8-20-13-16(17)4;/h6,8,13-15,18H,5,7,9-12H2,1-4H3,(H2,21,22,23);1H. The van der Waals surface area contributed by atoms with Gasteiger partial charge in [0.05, 0.1) is 0 Å². The van der Waals surface area contributed by atoms with Crippen LogP contribution in [0.3, 0.4) is 0 Å². The second-order valence-electron chi connectivity index (χ2n) is 7.07. The molecule has 0 amide bonds. The SMILES string of the molecule is CCNC(=NCCc1ccncc1C)NC1CC(C)CC(C)C1.I. The number of aliphatic imine (C=N–C) groups is 1. The van der Waals surface area contributed by atoms with Gasteiger partial charge in [0.1, 0.15) is 0 Å². The van der Waals surface area contributed by atoms with Crippen LogP contribution < -0.4 is 10.6 Å². The van der Waals surface area contributed by atoms with Crippen molar-refractivity contribution in [3.05, 3.63) is 29.6 Å². The Kier molecular flexibility index (Phi) is 9.63. The van der Waals surface area contributed by atoms with Gasteiger partial charge in [-0.25, -0.2) is 0 Å². The van der Waals surface area contributed by atoms with Crippen molar-refractivity contribution < 1.29 is 0 Å². The van der Waals surface area contributed by atoms with Gasteiger partial charge in [0.25, 0.3) is 0 Å². The molecule has 2 rings (SSSR count). The fourth-order valence-corrected chi connectivity index (χ4v) is 3.65. The largest absolute Gasteiger partial charge is 0.357 e. The molecule has 0 aromatic carbocycles. The maximum absolute atomic E-state index is 4.77. The number of nitrogens with one attached hydrogen (secondary N) is 2. The molecule has 136 valence electrons. The number of hydrogen-bond donors (Lipinski definition) is 2. The lowest BCUT2D eigenvalue weighted by atomic mass is 9.80. The predicted octanol–water partition coefficient (Wildman–Crippen LogP) is 3.93. The molecule has 1 aromatic rings. The molecular formula is C19H33IN4. The molecule has 0 bridgehead atoms. The van der Waals surface area contributed by atoms with Crippen molar-refractivity contribution in [3.8, 4) is 0 Å². The van der Waals surface area contributed by atoms with Gasteiger partial charge in [-0.15, -0.1) is 24.0 Å². The van der Waals surface area contributed by atoms with E-state index in [0.29, 0.717) is 6.04 Å². The summed E-state index contributed by atoms with van der Waals surface area (Å²) in [6, 6.07) is 2.64. The normalized spacial score (nSPS) is 24.2. The fourth-order valence-electron chi connectivity index (χ4n) is 3.65. The van der Waals surface area contributed by atoms with Crippen LogP contribution in [0, 0.1) is 18.8 Å². The number of guanidine groups is 1. The summed E-state index contributed by atoms with van der Waals surface area (Å²) in [5.41, 5.74) is 2.58. The molecule has 1 aromatic heterocycles. The second-order valence-corrected chi connectivity index (χ2v) is 7.07. The summed E-state index contributed by atoms with van der Waals surface area (Å²) in [4.78, 5) is 8.92. The van der Waals surface area contributed by atoms with Crippen LogP contribution in [0.25, 0.3) is 0 Å². The van der Waals surface area contributed by atoms with Gasteiger partial charge in [-0.3, -0.25) is 9.98 Å². The van der Waals surface area contributed by atoms with Gasteiger partial charge in [-0.1, -0.05) is 13.8 Å². The van der Waals surface area contributed by atoms with E-state index in [1.54, 1.807) is 0 Å². The molecule has 0 aliphatic heterocycles. The summed E-state index contributed by atoms with van der Waals surface area (Å²) in [6.45, 7) is 10.7. The van der Waals surface area contributed by atoms with Gasteiger partial charge in [-0.2, -0.15) is 0 Å². The van der Waals surface area contributed by atoms with Crippen molar-refractivity contribution >= 4 is 29.9 Å². The van der Waals surface area contributed by atoms with Gasteiger partial charge in [0.15, 0.2) is 5.96 Å². The van der Waals surface area contributed by atoms with E-state index in [2.05, 4.69) is 49.4 Å². The van der Waals surface area contributed by atoms with Gasteiger partial charge in [0.2, 0.25) is 0 Å². The Balaban J connectivity index is 0.00000288. The molecule has 2 N–H and O–H groups in total. The zero-order chi connectivity index (χ0) is 16.7. The topological polar surface area (TPSA) is 49.3 Å². The Morgan fingerprint density at radius 1 is 1.25 bits per heavy atom. The highest BCUT2D eigenvalue weighted by atomic mass is 127. The molecule has 1 fully saturated rings. The molecule has 0 spiro atoms. The third-order valence-corrected chi connectivity index (χ3v) is 4.65. The van der Waals surface area contributed by atoms with E-state index < -0.39 is 0 Å². The molecule has 24 heavy (non-hydrogen) atoms. The highest BCUT2D eigenvalue weighted by molar-refractivity contribution is 14.0.